The molecule has 0 aromatic heterocycles. The molecule has 0 unspecified atom stereocenters. The number of piperidine rings is 1. The zero-order chi connectivity index (χ0) is 13.1. The molecule has 1 saturated heterocycles. The predicted octanol–water partition coefficient (Wildman–Crippen LogP) is 1.73. The van der Waals surface area contributed by atoms with E-state index in [1.54, 1.807) is 0 Å². The van der Waals surface area contributed by atoms with Crippen LogP contribution in [0.5, 0.6) is 0 Å². The minimum atomic E-state index is -0.340. The van der Waals surface area contributed by atoms with Crippen LogP contribution in [0, 0.1) is 0 Å². The van der Waals surface area contributed by atoms with Crippen molar-refractivity contribution in [2.24, 2.45) is 0 Å². The first-order valence-corrected chi connectivity index (χ1v) is 5.71. The molecule has 17 heavy (non-hydrogen) atoms. The fourth-order valence-electron chi connectivity index (χ4n) is 2.50. The van der Waals surface area contributed by atoms with Gasteiger partial charge in [-0.15, -0.1) is 0 Å². The van der Waals surface area contributed by atoms with Crippen molar-refractivity contribution < 1.29 is 19.5 Å². The maximum absolute atomic E-state index is 10.1. The van der Waals surface area contributed by atoms with E-state index in [1.807, 2.05) is 27.7 Å². The molecule has 0 aliphatic carbocycles. The standard InChI is InChI=1S/C12H21NO4/c1-11(2)7-10(17-9-16-6-5-14)8-12(3,4)13(11)15/h6,10,15H,7-9H2,1-4H3. The number of hydrogen-bond donors (Lipinski definition) is 1. The Balaban J connectivity index is 2.56. The molecule has 0 aromatic rings. The van der Waals surface area contributed by atoms with Gasteiger partial charge in [0.2, 0.25) is 0 Å². The van der Waals surface area contributed by atoms with Crippen molar-refractivity contribution in [1.82, 2.24) is 5.06 Å². The highest BCUT2D eigenvalue weighted by Crippen LogP contribution is 2.37. The van der Waals surface area contributed by atoms with E-state index in [0.29, 0.717) is 12.8 Å². The van der Waals surface area contributed by atoms with Crippen molar-refractivity contribution in [3.8, 4) is 0 Å². The third-order valence-electron chi connectivity index (χ3n) is 3.10. The van der Waals surface area contributed by atoms with Gasteiger partial charge in [-0.25, -0.2) is 4.79 Å². The van der Waals surface area contributed by atoms with Gasteiger partial charge in [0.05, 0.1) is 6.10 Å². The first-order chi connectivity index (χ1) is 7.79. The van der Waals surface area contributed by atoms with Gasteiger partial charge in [-0.1, -0.05) is 0 Å². The van der Waals surface area contributed by atoms with Gasteiger partial charge in [-0.2, -0.15) is 5.06 Å². The van der Waals surface area contributed by atoms with Gasteiger partial charge >= 0.3 is 0 Å². The van der Waals surface area contributed by atoms with E-state index >= 15 is 0 Å². The van der Waals surface area contributed by atoms with Crippen molar-refractivity contribution in [1.29, 1.82) is 0 Å². The number of hydrogen-bond acceptors (Lipinski definition) is 5. The molecule has 1 aliphatic rings. The summed E-state index contributed by atoms with van der Waals surface area (Å²) in [7, 11) is 0. The average molecular weight is 243 g/mol. The van der Waals surface area contributed by atoms with Crippen LogP contribution in [-0.4, -0.2) is 40.2 Å². The van der Waals surface area contributed by atoms with Crippen LogP contribution < -0.4 is 0 Å². The molecular weight excluding hydrogens is 222 g/mol. The van der Waals surface area contributed by atoms with Crippen molar-refractivity contribution in [2.75, 3.05) is 6.79 Å². The van der Waals surface area contributed by atoms with Crippen LogP contribution in [-0.2, 0) is 14.3 Å². The third kappa shape index (κ3) is 3.54. The minimum Gasteiger partial charge on any atom is -0.464 e. The van der Waals surface area contributed by atoms with Crippen LogP contribution in [0.25, 0.3) is 0 Å². The van der Waals surface area contributed by atoms with Crippen LogP contribution >= 0.6 is 0 Å². The Labute approximate surface area is 102 Å². The Bertz CT molecular complexity index is 290. The van der Waals surface area contributed by atoms with E-state index in [-0.39, 0.29) is 24.0 Å². The number of hydroxylamine groups is 2. The van der Waals surface area contributed by atoms with Crippen LogP contribution in [0.3, 0.4) is 0 Å². The lowest BCUT2D eigenvalue weighted by Crippen LogP contribution is -2.60. The number of rotatable bonds is 4. The van der Waals surface area contributed by atoms with Gasteiger partial charge < -0.3 is 14.7 Å². The molecule has 1 N–H and O–H groups in total. The average Bonchev–Trinajstić information content (AvgIpc) is 2.20. The quantitative estimate of drug-likeness (QED) is 0.353. The fraction of sp³-hybridized carbons (Fsp3) is 0.833. The smallest absolute Gasteiger partial charge is 0.189 e. The lowest BCUT2D eigenvalue weighted by molar-refractivity contribution is -0.265. The highest BCUT2D eigenvalue weighted by Gasteiger charge is 2.45. The van der Waals surface area contributed by atoms with Gasteiger partial charge in [0.15, 0.2) is 19.0 Å². The Morgan fingerprint density at radius 2 is 1.88 bits per heavy atom. The van der Waals surface area contributed by atoms with Gasteiger partial charge in [-0.3, -0.25) is 0 Å². The molecule has 0 radical (unpaired) electrons. The first-order valence-electron chi connectivity index (χ1n) is 5.71. The molecule has 0 aromatic carbocycles. The van der Waals surface area contributed by atoms with Crippen LogP contribution in [0.4, 0.5) is 0 Å². The molecule has 0 spiro atoms. The highest BCUT2D eigenvalue weighted by molar-refractivity contribution is 5.42. The molecule has 0 bridgehead atoms. The minimum absolute atomic E-state index is 0.00320. The van der Waals surface area contributed by atoms with E-state index in [0.717, 1.165) is 6.26 Å². The lowest BCUT2D eigenvalue weighted by atomic mass is 9.80. The molecule has 5 heteroatoms. The third-order valence-corrected chi connectivity index (χ3v) is 3.10. The largest absolute Gasteiger partial charge is 0.464 e. The Hall–Kier alpha value is -0.870. The van der Waals surface area contributed by atoms with Gasteiger partial charge in [-0.05, 0) is 40.5 Å². The van der Waals surface area contributed by atoms with E-state index in [1.165, 1.54) is 11.0 Å². The van der Waals surface area contributed by atoms with Crippen molar-refractivity contribution in [2.45, 2.75) is 57.7 Å². The van der Waals surface area contributed by atoms with Gasteiger partial charge in [0.1, 0.15) is 0 Å². The SMILES string of the molecule is CC1(C)CC(OCOC=C=O)CC(C)(C)N1O. The number of carbonyl (C=O) groups excluding carboxylic acids is 1. The molecule has 1 aliphatic heterocycles. The summed E-state index contributed by atoms with van der Waals surface area (Å²) in [5, 5.41) is 11.5. The second-order valence-electron chi connectivity index (χ2n) is 5.65. The summed E-state index contributed by atoms with van der Waals surface area (Å²) in [5.74, 6) is 1.52. The monoisotopic (exact) mass is 243 g/mol. The molecular formula is C12H21NO4. The lowest BCUT2D eigenvalue weighted by Gasteiger charge is -2.51. The highest BCUT2D eigenvalue weighted by atomic mass is 16.7. The summed E-state index contributed by atoms with van der Waals surface area (Å²) < 4.78 is 10.3. The number of nitrogens with zero attached hydrogens (tertiary/aromatic N) is 1. The molecule has 5 nitrogen and oxygen atoms in total. The molecule has 0 saturated carbocycles. The molecule has 1 fully saturated rings. The van der Waals surface area contributed by atoms with Crippen LogP contribution in [0.1, 0.15) is 40.5 Å². The Morgan fingerprint density at radius 3 is 2.35 bits per heavy atom. The second-order valence-corrected chi connectivity index (χ2v) is 5.65. The number of ether oxygens (including phenoxy) is 2. The van der Waals surface area contributed by atoms with E-state index in [2.05, 4.69) is 0 Å². The molecule has 1 heterocycles. The summed E-state index contributed by atoms with van der Waals surface area (Å²) in [5.41, 5.74) is -0.681. The Morgan fingerprint density at radius 1 is 1.35 bits per heavy atom. The van der Waals surface area contributed by atoms with E-state index in [9.17, 15) is 10.0 Å². The van der Waals surface area contributed by atoms with Crippen molar-refractivity contribution >= 4 is 5.94 Å². The van der Waals surface area contributed by atoms with E-state index in [4.69, 9.17) is 9.47 Å². The summed E-state index contributed by atoms with van der Waals surface area (Å²) in [6.07, 6.45) is 2.36. The first kappa shape index (κ1) is 14.2. The maximum Gasteiger partial charge on any atom is 0.189 e. The zero-order valence-corrected chi connectivity index (χ0v) is 10.9. The molecule has 0 amide bonds. The second kappa shape index (κ2) is 5.19. The van der Waals surface area contributed by atoms with Gasteiger partial charge in [0.25, 0.3) is 0 Å². The van der Waals surface area contributed by atoms with Gasteiger partial charge in [0, 0.05) is 11.1 Å². The summed E-state index contributed by atoms with van der Waals surface area (Å²) >= 11 is 0. The van der Waals surface area contributed by atoms with Crippen LogP contribution in [0.15, 0.2) is 6.26 Å². The van der Waals surface area contributed by atoms with Crippen molar-refractivity contribution in [3.63, 3.8) is 0 Å². The van der Waals surface area contributed by atoms with Crippen molar-refractivity contribution in [3.05, 3.63) is 6.26 Å². The normalized spacial score (nSPS) is 24.1. The Kier molecular flexibility index (Phi) is 4.33. The fourth-order valence-corrected chi connectivity index (χ4v) is 2.50. The molecule has 98 valence electrons. The summed E-state index contributed by atoms with van der Waals surface area (Å²) in [6.45, 7) is 7.91. The van der Waals surface area contributed by atoms with E-state index < -0.39 is 0 Å². The predicted molar refractivity (Wildman–Crippen MR) is 62.1 cm³/mol. The summed E-state index contributed by atoms with van der Waals surface area (Å²) in [6, 6.07) is 0. The molecule has 1 rings (SSSR count). The topological polar surface area (TPSA) is 59.0 Å². The van der Waals surface area contributed by atoms with Crippen LogP contribution in [0.2, 0.25) is 0 Å². The summed E-state index contributed by atoms with van der Waals surface area (Å²) in [4.78, 5) is 9.90. The molecule has 0 atom stereocenters. The maximum atomic E-state index is 10.1. The zero-order valence-electron chi connectivity index (χ0n) is 10.9.